The number of halogens is 1. The maximum Gasteiger partial charge on any atom is 0.248 e. The number of nitrogens with two attached hydrogens (primary N) is 1. The number of rotatable bonds is 7. The number of amides is 2. The van der Waals surface area contributed by atoms with Crippen LogP contribution in [0, 0.1) is 0 Å². The van der Waals surface area contributed by atoms with Gasteiger partial charge in [-0.25, -0.2) is 0 Å². The summed E-state index contributed by atoms with van der Waals surface area (Å²) in [6, 6.07) is 15.5. The highest BCUT2D eigenvalue weighted by Crippen LogP contribution is 2.27. The molecule has 1 saturated heterocycles. The first-order chi connectivity index (χ1) is 13.5. The van der Waals surface area contributed by atoms with Gasteiger partial charge in [0.15, 0.2) is 0 Å². The van der Waals surface area contributed by atoms with E-state index in [1.807, 2.05) is 35.2 Å². The highest BCUT2D eigenvalue weighted by Gasteiger charge is 2.21. The summed E-state index contributed by atoms with van der Waals surface area (Å²) >= 11 is 5.25. The van der Waals surface area contributed by atoms with Crippen molar-refractivity contribution in [3.63, 3.8) is 0 Å². The summed E-state index contributed by atoms with van der Waals surface area (Å²) in [6.45, 7) is 4.07. The van der Waals surface area contributed by atoms with Crippen LogP contribution in [0.5, 0.6) is 0 Å². The van der Waals surface area contributed by atoms with Gasteiger partial charge in [-0.2, -0.15) is 0 Å². The van der Waals surface area contributed by atoms with Crippen molar-refractivity contribution < 1.29 is 9.59 Å². The normalized spacial score (nSPS) is 14.8. The Labute approximate surface area is 178 Å². The number of carbonyl (C=O) groups excluding carboxylic acids is 2. The van der Waals surface area contributed by atoms with Crippen LogP contribution in [0.25, 0.3) is 0 Å². The van der Waals surface area contributed by atoms with Crippen molar-refractivity contribution in [3.05, 3.63) is 64.1 Å². The van der Waals surface area contributed by atoms with Crippen LogP contribution < -0.4 is 5.73 Å². The van der Waals surface area contributed by atoms with E-state index in [1.54, 1.807) is 23.9 Å². The molecule has 0 aliphatic carbocycles. The first-order valence-electron chi connectivity index (χ1n) is 9.29. The van der Waals surface area contributed by atoms with E-state index in [9.17, 15) is 9.59 Å². The van der Waals surface area contributed by atoms with E-state index in [2.05, 4.69) is 26.9 Å². The van der Waals surface area contributed by atoms with Crippen molar-refractivity contribution in [2.75, 3.05) is 31.9 Å². The highest BCUT2D eigenvalue weighted by atomic mass is 79.9. The third kappa shape index (κ3) is 5.83. The lowest BCUT2D eigenvalue weighted by Crippen LogP contribution is -2.48. The van der Waals surface area contributed by atoms with Crippen LogP contribution >= 0.6 is 27.7 Å². The number of hydrogen-bond donors (Lipinski definition) is 1. The molecule has 0 aromatic heterocycles. The Morgan fingerprint density at radius 3 is 2.32 bits per heavy atom. The molecule has 2 N–H and O–H groups in total. The Morgan fingerprint density at radius 1 is 1.00 bits per heavy atom. The minimum atomic E-state index is -0.406. The minimum Gasteiger partial charge on any atom is -0.366 e. The average Bonchev–Trinajstić information content (AvgIpc) is 2.70. The van der Waals surface area contributed by atoms with E-state index < -0.39 is 5.91 Å². The number of nitrogens with zero attached hydrogens (tertiary/aromatic N) is 2. The van der Waals surface area contributed by atoms with E-state index >= 15 is 0 Å². The zero-order valence-electron chi connectivity index (χ0n) is 15.6. The van der Waals surface area contributed by atoms with E-state index in [0.29, 0.717) is 12.0 Å². The van der Waals surface area contributed by atoms with Gasteiger partial charge in [0.05, 0.1) is 0 Å². The quantitative estimate of drug-likeness (QED) is 0.641. The number of primary amides is 1. The predicted octanol–water partition coefficient (Wildman–Crippen LogP) is 3.37. The zero-order valence-corrected chi connectivity index (χ0v) is 18.0. The SMILES string of the molecule is NC(=O)c1ccc(CN2CCN(C(=O)CCSc3ccccc3Br)CC2)cc1. The van der Waals surface area contributed by atoms with Crippen LogP contribution in [0.15, 0.2) is 57.9 Å². The lowest BCUT2D eigenvalue weighted by Gasteiger charge is -2.34. The molecule has 1 aliphatic rings. The third-order valence-electron chi connectivity index (χ3n) is 4.78. The van der Waals surface area contributed by atoms with Crippen molar-refractivity contribution in [2.45, 2.75) is 17.9 Å². The third-order valence-corrected chi connectivity index (χ3v) is 6.81. The topological polar surface area (TPSA) is 66.6 Å². The molecule has 2 amide bonds. The molecule has 2 aromatic carbocycles. The van der Waals surface area contributed by atoms with E-state index in [4.69, 9.17) is 5.73 Å². The first kappa shape index (κ1) is 20.9. The fourth-order valence-electron chi connectivity index (χ4n) is 3.16. The van der Waals surface area contributed by atoms with Gasteiger partial charge in [0.25, 0.3) is 0 Å². The maximum absolute atomic E-state index is 12.5. The molecule has 0 spiro atoms. The molecule has 1 heterocycles. The van der Waals surface area contributed by atoms with Gasteiger partial charge in [-0.15, -0.1) is 11.8 Å². The van der Waals surface area contributed by atoms with Crippen LogP contribution in [-0.4, -0.2) is 53.5 Å². The van der Waals surface area contributed by atoms with Gasteiger partial charge in [-0.1, -0.05) is 24.3 Å². The smallest absolute Gasteiger partial charge is 0.248 e. The average molecular weight is 462 g/mol. The maximum atomic E-state index is 12.5. The van der Waals surface area contributed by atoms with Crippen molar-refractivity contribution in [2.24, 2.45) is 5.73 Å². The molecular formula is C21H24BrN3O2S. The Morgan fingerprint density at radius 2 is 1.68 bits per heavy atom. The standard InChI is InChI=1S/C21H24BrN3O2S/c22-18-3-1-2-4-19(18)28-14-9-20(26)25-12-10-24(11-13-25)15-16-5-7-17(8-6-16)21(23)27/h1-8H,9-15H2,(H2,23,27). The Kier molecular flexibility index (Phi) is 7.53. The second kappa shape index (κ2) is 10.1. The van der Waals surface area contributed by atoms with Gasteiger partial charge < -0.3 is 10.6 Å². The Balaban J connectivity index is 1.40. The molecule has 5 nitrogen and oxygen atoms in total. The predicted molar refractivity (Wildman–Crippen MR) is 116 cm³/mol. The van der Waals surface area contributed by atoms with E-state index in [0.717, 1.165) is 48.5 Å². The van der Waals surface area contributed by atoms with E-state index in [1.165, 1.54) is 4.90 Å². The van der Waals surface area contributed by atoms with Crippen molar-refractivity contribution in [1.29, 1.82) is 0 Å². The number of piperazine rings is 1. The summed E-state index contributed by atoms with van der Waals surface area (Å²) in [5.74, 6) is 0.606. The summed E-state index contributed by atoms with van der Waals surface area (Å²) < 4.78 is 1.07. The number of hydrogen-bond acceptors (Lipinski definition) is 4. The summed E-state index contributed by atoms with van der Waals surface area (Å²) in [4.78, 5) is 29.1. The molecular weight excluding hydrogens is 438 g/mol. The van der Waals surface area contributed by atoms with Gasteiger partial charge in [-0.3, -0.25) is 14.5 Å². The van der Waals surface area contributed by atoms with Crippen LogP contribution in [0.1, 0.15) is 22.3 Å². The number of thioether (sulfide) groups is 1. The fraction of sp³-hybridized carbons (Fsp3) is 0.333. The number of carbonyl (C=O) groups is 2. The molecule has 0 unspecified atom stereocenters. The van der Waals surface area contributed by atoms with Crippen molar-refractivity contribution >= 4 is 39.5 Å². The van der Waals surface area contributed by atoms with Crippen molar-refractivity contribution in [1.82, 2.24) is 9.80 Å². The second-order valence-corrected chi connectivity index (χ2v) is 8.74. The second-order valence-electron chi connectivity index (χ2n) is 6.75. The molecule has 2 aromatic rings. The monoisotopic (exact) mass is 461 g/mol. The first-order valence-corrected chi connectivity index (χ1v) is 11.1. The molecule has 1 fully saturated rings. The molecule has 3 rings (SSSR count). The minimum absolute atomic E-state index is 0.227. The summed E-state index contributed by atoms with van der Waals surface area (Å²) in [6.07, 6.45) is 0.556. The lowest BCUT2D eigenvalue weighted by atomic mass is 10.1. The van der Waals surface area contributed by atoms with Gasteiger partial charge >= 0.3 is 0 Å². The van der Waals surface area contributed by atoms with E-state index in [-0.39, 0.29) is 5.91 Å². The van der Waals surface area contributed by atoms with Gasteiger partial charge in [0.2, 0.25) is 11.8 Å². The molecule has 148 valence electrons. The Bertz CT molecular complexity index is 821. The molecule has 0 saturated carbocycles. The fourth-order valence-corrected chi connectivity index (χ4v) is 4.66. The van der Waals surface area contributed by atoms with Gasteiger partial charge in [0, 0.05) is 59.8 Å². The molecule has 1 aliphatic heterocycles. The highest BCUT2D eigenvalue weighted by molar-refractivity contribution is 9.10. The van der Waals surface area contributed by atoms with Crippen LogP contribution in [-0.2, 0) is 11.3 Å². The van der Waals surface area contributed by atoms with Gasteiger partial charge in [0.1, 0.15) is 0 Å². The molecule has 7 heteroatoms. The largest absolute Gasteiger partial charge is 0.366 e. The Hall–Kier alpha value is -1.83. The van der Waals surface area contributed by atoms with Crippen LogP contribution in [0.2, 0.25) is 0 Å². The summed E-state index contributed by atoms with van der Waals surface area (Å²) in [5.41, 5.74) is 6.95. The summed E-state index contributed by atoms with van der Waals surface area (Å²) in [7, 11) is 0. The lowest BCUT2D eigenvalue weighted by molar-refractivity contribution is -0.132. The van der Waals surface area contributed by atoms with Crippen LogP contribution in [0.3, 0.4) is 0 Å². The van der Waals surface area contributed by atoms with Crippen LogP contribution in [0.4, 0.5) is 0 Å². The number of benzene rings is 2. The molecule has 0 bridgehead atoms. The van der Waals surface area contributed by atoms with Gasteiger partial charge in [-0.05, 0) is 45.8 Å². The molecule has 0 radical (unpaired) electrons. The molecule has 0 atom stereocenters. The van der Waals surface area contributed by atoms with Crippen molar-refractivity contribution in [3.8, 4) is 0 Å². The molecule has 28 heavy (non-hydrogen) atoms. The zero-order chi connectivity index (χ0) is 19.9. The summed E-state index contributed by atoms with van der Waals surface area (Å²) in [5, 5.41) is 0.